The largest absolute Gasteiger partial charge is 0.490 e. The standard InChI is InChI=1S/C22H28N4O4/c1-30-21-10-9-18(17-20(21)26(28)29)22(27)23-11-5-6-12-24-13-15-25(16-14-24)19-7-3-2-4-8-19/h2-4,7-10,17H,5-6,11-16H2,1H3,(H,23,27). The minimum atomic E-state index is -0.548. The topological polar surface area (TPSA) is 88.0 Å². The highest BCUT2D eigenvalue weighted by Crippen LogP contribution is 2.27. The maximum atomic E-state index is 12.3. The monoisotopic (exact) mass is 412 g/mol. The number of piperazine rings is 1. The van der Waals surface area contributed by atoms with Crippen molar-refractivity contribution in [3.8, 4) is 5.75 Å². The molecule has 0 radical (unpaired) electrons. The lowest BCUT2D eigenvalue weighted by atomic mass is 10.1. The fourth-order valence-corrected chi connectivity index (χ4v) is 3.61. The van der Waals surface area contributed by atoms with Crippen molar-refractivity contribution < 1.29 is 14.5 Å². The number of nitro benzene ring substituents is 1. The molecule has 0 atom stereocenters. The van der Waals surface area contributed by atoms with E-state index in [1.807, 2.05) is 6.07 Å². The quantitative estimate of drug-likeness (QED) is 0.387. The normalized spacial score (nSPS) is 14.4. The van der Waals surface area contributed by atoms with Crippen molar-refractivity contribution in [2.75, 3.05) is 51.3 Å². The summed E-state index contributed by atoms with van der Waals surface area (Å²) in [5.41, 5.74) is 1.33. The maximum Gasteiger partial charge on any atom is 0.311 e. The molecule has 1 amide bonds. The van der Waals surface area contributed by atoms with E-state index in [1.165, 1.54) is 31.0 Å². The van der Waals surface area contributed by atoms with Crippen LogP contribution in [0.15, 0.2) is 48.5 Å². The first kappa shape index (κ1) is 21.6. The van der Waals surface area contributed by atoms with E-state index in [9.17, 15) is 14.9 Å². The van der Waals surface area contributed by atoms with Gasteiger partial charge < -0.3 is 15.0 Å². The minimum Gasteiger partial charge on any atom is -0.490 e. The number of nitrogens with one attached hydrogen (secondary N) is 1. The average Bonchev–Trinajstić information content (AvgIpc) is 2.79. The zero-order valence-electron chi connectivity index (χ0n) is 17.3. The van der Waals surface area contributed by atoms with Gasteiger partial charge in [0.1, 0.15) is 0 Å². The molecule has 1 heterocycles. The number of hydrogen-bond acceptors (Lipinski definition) is 6. The van der Waals surface area contributed by atoms with E-state index in [1.54, 1.807) is 0 Å². The van der Waals surface area contributed by atoms with Crippen LogP contribution in [0.1, 0.15) is 23.2 Å². The van der Waals surface area contributed by atoms with Gasteiger partial charge in [-0.2, -0.15) is 0 Å². The molecule has 2 aromatic rings. The highest BCUT2D eigenvalue weighted by atomic mass is 16.6. The number of carbonyl (C=O) groups excluding carboxylic acids is 1. The summed E-state index contributed by atoms with van der Waals surface area (Å²) in [5.74, 6) is -0.166. The third-order valence-corrected chi connectivity index (χ3v) is 5.32. The van der Waals surface area contributed by atoms with E-state index in [0.717, 1.165) is 45.6 Å². The van der Waals surface area contributed by atoms with Crippen molar-refractivity contribution >= 4 is 17.3 Å². The fraction of sp³-hybridized carbons (Fsp3) is 0.409. The predicted octanol–water partition coefficient (Wildman–Crippen LogP) is 2.94. The summed E-state index contributed by atoms with van der Waals surface area (Å²) in [6.07, 6.45) is 1.86. The van der Waals surface area contributed by atoms with Crippen molar-refractivity contribution in [2.45, 2.75) is 12.8 Å². The van der Waals surface area contributed by atoms with E-state index >= 15 is 0 Å². The number of rotatable bonds is 9. The van der Waals surface area contributed by atoms with Gasteiger partial charge in [-0.05, 0) is 43.7 Å². The first-order valence-electron chi connectivity index (χ1n) is 10.2. The molecule has 0 spiro atoms. The van der Waals surface area contributed by atoms with E-state index in [4.69, 9.17) is 4.74 Å². The van der Waals surface area contributed by atoms with Crippen LogP contribution in [0.25, 0.3) is 0 Å². The number of nitro groups is 1. The molecule has 1 saturated heterocycles. The van der Waals surface area contributed by atoms with Crippen LogP contribution in [0.3, 0.4) is 0 Å². The average molecular weight is 412 g/mol. The Morgan fingerprint density at radius 3 is 2.50 bits per heavy atom. The second-order valence-electron chi connectivity index (χ2n) is 7.27. The van der Waals surface area contributed by atoms with E-state index in [-0.39, 0.29) is 22.9 Å². The molecule has 0 aromatic heterocycles. The Kier molecular flexibility index (Phi) is 7.62. The van der Waals surface area contributed by atoms with Crippen molar-refractivity contribution in [1.82, 2.24) is 10.2 Å². The molecule has 1 aliphatic heterocycles. The van der Waals surface area contributed by atoms with Crippen LogP contribution in [0.2, 0.25) is 0 Å². The number of ether oxygens (including phenoxy) is 1. The molecule has 0 unspecified atom stereocenters. The van der Waals surface area contributed by atoms with E-state index in [0.29, 0.717) is 6.54 Å². The number of methoxy groups -OCH3 is 1. The number of para-hydroxylation sites is 1. The van der Waals surface area contributed by atoms with E-state index in [2.05, 4.69) is 39.4 Å². The Morgan fingerprint density at radius 1 is 1.10 bits per heavy atom. The van der Waals surface area contributed by atoms with Crippen LogP contribution < -0.4 is 15.0 Å². The number of carbonyl (C=O) groups is 1. The number of amides is 1. The highest BCUT2D eigenvalue weighted by Gasteiger charge is 2.18. The smallest absolute Gasteiger partial charge is 0.311 e. The van der Waals surface area contributed by atoms with Crippen LogP contribution in [0, 0.1) is 10.1 Å². The number of hydrogen-bond donors (Lipinski definition) is 1. The van der Waals surface area contributed by atoms with Crippen LogP contribution in [0.4, 0.5) is 11.4 Å². The molecule has 3 rings (SSSR count). The van der Waals surface area contributed by atoms with Gasteiger partial charge in [-0.3, -0.25) is 19.8 Å². The molecule has 1 aliphatic rings. The molecule has 1 fully saturated rings. The van der Waals surface area contributed by atoms with Gasteiger partial charge in [0.2, 0.25) is 0 Å². The van der Waals surface area contributed by atoms with Gasteiger partial charge in [0.25, 0.3) is 5.91 Å². The summed E-state index contributed by atoms with van der Waals surface area (Å²) in [6.45, 7) is 5.68. The zero-order valence-corrected chi connectivity index (χ0v) is 17.3. The molecular weight excluding hydrogens is 384 g/mol. The number of nitrogens with zero attached hydrogens (tertiary/aromatic N) is 3. The van der Waals surface area contributed by atoms with Crippen LogP contribution in [-0.4, -0.2) is 62.1 Å². The highest BCUT2D eigenvalue weighted by molar-refractivity contribution is 5.95. The minimum absolute atomic E-state index is 0.143. The molecule has 160 valence electrons. The van der Waals surface area contributed by atoms with Gasteiger partial charge in [-0.25, -0.2) is 0 Å². The van der Waals surface area contributed by atoms with Gasteiger partial charge in [0.05, 0.1) is 12.0 Å². The molecule has 8 heteroatoms. The molecular formula is C22H28N4O4. The predicted molar refractivity (Wildman–Crippen MR) is 116 cm³/mol. The summed E-state index contributed by atoms with van der Waals surface area (Å²) in [5, 5.41) is 13.9. The lowest BCUT2D eigenvalue weighted by Gasteiger charge is -2.36. The lowest BCUT2D eigenvalue weighted by molar-refractivity contribution is -0.385. The SMILES string of the molecule is COc1ccc(C(=O)NCCCCN2CCN(c3ccccc3)CC2)cc1[N+](=O)[O-]. The van der Waals surface area contributed by atoms with Crippen LogP contribution in [0.5, 0.6) is 5.75 Å². The fourth-order valence-electron chi connectivity index (χ4n) is 3.61. The number of benzene rings is 2. The zero-order chi connectivity index (χ0) is 21.3. The molecule has 2 aromatic carbocycles. The van der Waals surface area contributed by atoms with Gasteiger partial charge in [-0.15, -0.1) is 0 Å². The first-order chi connectivity index (χ1) is 14.6. The second kappa shape index (κ2) is 10.6. The molecule has 0 saturated carbocycles. The van der Waals surface area contributed by atoms with Crippen molar-refractivity contribution in [1.29, 1.82) is 0 Å². The van der Waals surface area contributed by atoms with Crippen molar-refractivity contribution in [2.24, 2.45) is 0 Å². The van der Waals surface area contributed by atoms with E-state index < -0.39 is 4.92 Å². The van der Waals surface area contributed by atoms with Crippen LogP contribution in [-0.2, 0) is 0 Å². The molecule has 0 aliphatic carbocycles. The maximum absolute atomic E-state index is 12.3. The van der Waals surface area contributed by atoms with Gasteiger partial charge in [0, 0.05) is 50.0 Å². The first-order valence-corrected chi connectivity index (χ1v) is 10.2. The summed E-state index contributed by atoms with van der Waals surface area (Å²) in [6, 6.07) is 14.7. The Morgan fingerprint density at radius 2 is 1.83 bits per heavy atom. The lowest BCUT2D eigenvalue weighted by Crippen LogP contribution is -2.46. The molecule has 0 bridgehead atoms. The number of unbranched alkanes of at least 4 members (excludes halogenated alkanes) is 1. The Balaban J connectivity index is 1.35. The second-order valence-corrected chi connectivity index (χ2v) is 7.27. The molecule has 30 heavy (non-hydrogen) atoms. The van der Waals surface area contributed by atoms with Crippen molar-refractivity contribution in [3.05, 3.63) is 64.2 Å². The summed E-state index contributed by atoms with van der Waals surface area (Å²) < 4.78 is 4.96. The summed E-state index contributed by atoms with van der Waals surface area (Å²) in [4.78, 5) is 27.7. The summed E-state index contributed by atoms with van der Waals surface area (Å²) >= 11 is 0. The third-order valence-electron chi connectivity index (χ3n) is 5.32. The van der Waals surface area contributed by atoms with Crippen molar-refractivity contribution in [3.63, 3.8) is 0 Å². The number of anilines is 1. The summed E-state index contributed by atoms with van der Waals surface area (Å²) in [7, 11) is 1.36. The van der Waals surface area contributed by atoms with Gasteiger partial charge in [-0.1, -0.05) is 18.2 Å². The third kappa shape index (κ3) is 5.70. The Hall–Kier alpha value is -3.13. The van der Waals surface area contributed by atoms with Gasteiger partial charge in [0.15, 0.2) is 5.75 Å². The van der Waals surface area contributed by atoms with Crippen LogP contribution >= 0.6 is 0 Å². The van der Waals surface area contributed by atoms with Gasteiger partial charge >= 0.3 is 5.69 Å². The Labute approximate surface area is 176 Å². The molecule has 8 nitrogen and oxygen atoms in total. The Bertz CT molecular complexity index is 851. The molecule has 1 N–H and O–H groups in total.